The molecular formula is C14H16N2+2. The molecule has 2 nitrogen and oxygen atoms in total. The summed E-state index contributed by atoms with van der Waals surface area (Å²) in [5.41, 5.74) is 2.41. The van der Waals surface area contributed by atoms with Gasteiger partial charge < -0.3 is 0 Å². The predicted molar refractivity (Wildman–Crippen MR) is 64.2 cm³/mol. The van der Waals surface area contributed by atoms with Gasteiger partial charge in [0.15, 0.2) is 24.8 Å². The zero-order valence-electron chi connectivity index (χ0n) is 9.67. The van der Waals surface area contributed by atoms with E-state index in [2.05, 4.69) is 36.7 Å². The van der Waals surface area contributed by atoms with Gasteiger partial charge in [-0.2, -0.15) is 0 Å². The van der Waals surface area contributed by atoms with Crippen molar-refractivity contribution < 1.29 is 9.13 Å². The fraction of sp³-hybridized carbons (Fsp3) is 0.143. The summed E-state index contributed by atoms with van der Waals surface area (Å²) in [6.45, 7) is 0. The molecule has 0 aliphatic carbocycles. The van der Waals surface area contributed by atoms with Crippen molar-refractivity contribution in [2.45, 2.75) is 0 Å². The summed E-state index contributed by atoms with van der Waals surface area (Å²) in [5, 5.41) is 0. The molecule has 2 aromatic heterocycles. The molecule has 2 heterocycles. The van der Waals surface area contributed by atoms with E-state index in [0.717, 1.165) is 0 Å². The van der Waals surface area contributed by atoms with E-state index in [1.54, 1.807) is 0 Å². The summed E-state index contributed by atoms with van der Waals surface area (Å²) in [6, 6.07) is 8.29. The first kappa shape index (κ1) is 10.6. The van der Waals surface area contributed by atoms with E-state index in [1.807, 2.05) is 47.8 Å². The third-order valence-corrected chi connectivity index (χ3v) is 2.39. The summed E-state index contributed by atoms with van der Waals surface area (Å²) < 4.78 is 4.09. The Morgan fingerprint density at radius 2 is 1.25 bits per heavy atom. The summed E-state index contributed by atoms with van der Waals surface area (Å²) in [7, 11) is 4.06. The Balaban J connectivity index is 2.21. The van der Waals surface area contributed by atoms with Gasteiger partial charge in [-0.1, -0.05) is 0 Å². The molecule has 16 heavy (non-hydrogen) atoms. The summed E-state index contributed by atoms with van der Waals surface area (Å²) >= 11 is 0. The highest BCUT2D eigenvalue weighted by Crippen LogP contribution is 2.03. The van der Waals surface area contributed by atoms with Crippen LogP contribution in [0.15, 0.2) is 49.1 Å². The van der Waals surface area contributed by atoms with Crippen molar-refractivity contribution in [1.29, 1.82) is 0 Å². The van der Waals surface area contributed by atoms with Crippen LogP contribution in [-0.4, -0.2) is 0 Å². The Hall–Kier alpha value is -1.96. The molecule has 0 saturated heterocycles. The molecule has 0 aliphatic heterocycles. The molecule has 0 saturated carbocycles. The van der Waals surface area contributed by atoms with E-state index in [-0.39, 0.29) is 0 Å². The first-order chi connectivity index (χ1) is 7.74. The smallest absolute Gasteiger partial charge is 0.175 e. The SMILES string of the molecule is C[n+]1cccc(C=Cc2ccc[n+](C)c2)c1. The van der Waals surface area contributed by atoms with Crippen molar-refractivity contribution in [1.82, 2.24) is 0 Å². The fourth-order valence-corrected chi connectivity index (χ4v) is 1.61. The van der Waals surface area contributed by atoms with Crippen LogP contribution in [0.1, 0.15) is 11.1 Å². The van der Waals surface area contributed by atoms with Gasteiger partial charge in [-0.05, 0) is 24.3 Å². The van der Waals surface area contributed by atoms with E-state index >= 15 is 0 Å². The minimum Gasteiger partial charge on any atom is -0.207 e. The minimum atomic E-state index is 1.21. The lowest BCUT2D eigenvalue weighted by atomic mass is 10.2. The van der Waals surface area contributed by atoms with E-state index in [9.17, 15) is 0 Å². The average Bonchev–Trinajstić information content (AvgIpc) is 2.27. The lowest BCUT2D eigenvalue weighted by molar-refractivity contribution is -0.671. The Kier molecular flexibility index (Phi) is 3.10. The summed E-state index contributed by atoms with van der Waals surface area (Å²) in [4.78, 5) is 0. The van der Waals surface area contributed by atoms with Gasteiger partial charge in [0.2, 0.25) is 0 Å². The number of aryl methyl sites for hydroxylation is 2. The Bertz CT molecular complexity index is 468. The Morgan fingerprint density at radius 1 is 0.812 bits per heavy atom. The molecule has 0 amide bonds. The van der Waals surface area contributed by atoms with Gasteiger partial charge in [0.1, 0.15) is 14.1 Å². The van der Waals surface area contributed by atoms with Gasteiger partial charge in [-0.3, -0.25) is 0 Å². The second-order valence-corrected chi connectivity index (χ2v) is 3.94. The van der Waals surface area contributed by atoms with Crippen molar-refractivity contribution in [3.05, 3.63) is 60.2 Å². The molecule has 0 fully saturated rings. The van der Waals surface area contributed by atoms with Crippen LogP contribution in [0.25, 0.3) is 12.2 Å². The number of hydrogen-bond donors (Lipinski definition) is 0. The zero-order chi connectivity index (χ0) is 11.4. The van der Waals surface area contributed by atoms with Crippen LogP contribution >= 0.6 is 0 Å². The lowest BCUT2D eigenvalue weighted by Crippen LogP contribution is -2.26. The average molecular weight is 212 g/mol. The third kappa shape index (κ3) is 2.76. The van der Waals surface area contributed by atoms with Crippen LogP contribution in [0.5, 0.6) is 0 Å². The van der Waals surface area contributed by atoms with Crippen LogP contribution in [0.3, 0.4) is 0 Å². The zero-order valence-corrected chi connectivity index (χ0v) is 9.67. The second kappa shape index (κ2) is 4.71. The van der Waals surface area contributed by atoms with Crippen LogP contribution in [0.2, 0.25) is 0 Å². The molecule has 0 aromatic carbocycles. The van der Waals surface area contributed by atoms with Crippen molar-refractivity contribution in [2.24, 2.45) is 14.1 Å². The molecule has 0 aliphatic rings. The van der Waals surface area contributed by atoms with E-state index in [4.69, 9.17) is 0 Å². The number of nitrogens with zero attached hydrogens (tertiary/aromatic N) is 2. The number of rotatable bonds is 2. The molecule has 0 unspecified atom stereocenters. The topological polar surface area (TPSA) is 7.76 Å². The maximum Gasteiger partial charge on any atom is 0.175 e. The second-order valence-electron chi connectivity index (χ2n) is 3.94. The first-order valence-electron chi connectivity index (χ1n) is 5.33. The van der Waals surface area contributed by atoms with Crippen LogP contribution in [0.4, 0.5) is 0 Å². The van der Waals surface area contributed by atoms with Crippen molar-refractivity contribution >= 4 is 12.2 Å². The largest absolute Gasteiger partial charge is 0.207 e. The maximum absolute atomic E-state index is 2.12. The quantitative estimate of drug-likeness (QED) is 0.667. The van der Waals surface area contributed by atoms with E-state index in [1.165, 1.54) is 11.1 Å². The molecule has 2 rings (SSSR count). The highest BCUT2D eigenvalue weighted by molar-refractivity contribution is 5.68. The van der Waals surface area contributed by atoms with Gasteiger partial charge in [0, 0.05) is 23.3 Å². The van der Waals surface area contributed by atoms with Crippen LogP contribution in [0, 0.1) is 0 Å². The first-order valence-corrected chi connectivity index (χ1v) is 5.33. The van der Waals surface area contributed by atoms with Crippen molar-refractivity contribution in [3.8, 4) is 0 Å². The van der Waals surface area contributed by atoms with Gasteiger partial charge in [0.05, 0.1) is 0 Å². The lowest BCUT2D eigenvalue weighted by Gasteiger charge is -1.92. The minimum absolute atomic E-state index is 1.21. The highest BCUT2D eigenvalue weighted by Gasteiger charge is 1.95. The molecule has 0 atom stereocenters. The van der Waals surface area contributed by atoms with E-state index in [0.29, 0.717) is 0 Å². The molecular weight excluding hydrogens is 196 g/mol. The molecule has 0 N–H and O–H groups in total. The summed E-state index contributed by atoms with van der Waals surface area (Å²) in [5.74, 6) is 0. The number of hydrogen-bond acceptors (Lipinski definition) is 0. The van der Waals surface area contributed by atoms with Crippen LogP contribution in [-0.2, 0) is 14.1 Å². The van der Waals surface area contributed by atoms with Gasteiger partial charge in [0.25, 0.3) is 0 Å². The van der Waals surface area contributed by atoms with Gasteiger partial charge in [-0.25, -0.2) is 9.13 Å². The van der Waals surface area contributed by atoms with Crippen molar-refractivity contribution in [3.63, 3.8) is 0 Å². The highest BCUT2D eigenvalue weighted by atomic mass is 14.9. The van der Waals surface area contributed by atoms with Crippen molar-refractivity contribution in [2.75, 3.05) is 0 Å². The summed E-state index contributed by atoms with van der Waals surface area (Å²) in [6.07, 6.45) is 12.5. The Morgan fingerprint density at radius 3 is 1.62 bits per heavy atom. The van der Waals surface area contributed by atoms with Gasteiger partial charge in [-0.15, -0.1) is 0 Å². The third-order valence-electron chi connectivity index (χ3n) is 2.39. The molecule has 0 spiro atoms. The number of pyridine rings is 2. The normalized spacial score (nSPS) is 10.9. The molecule has 80 valence electrons. The van der Waals surface area contributed by atoms with Crippen LogP contribution < -0.4 is 9.13 Å². The molecule has 0 bridgehead atoms. The van der Waals surface area contributed by atoms with Gasteiger partial charge >= 0.3 is 0 Å². The standard InChI is InChI=1S/C14H16N2/c1-15-9-3-5-13(11-15)7-8-14-6-4-10-16(2)12-14/h3-12H,1-2H3/q+2. The Labute approximate surface area is 96.1 Å². The van der Waals surface area contributed by atoms with E-state index < -0.39 is 0 Å². The molecule has 2 heteroatoms. The maximum atomic E-state index is 2.12. The molecule has 2 aromatic rings. The monoisotopic (exact) mass is 212 g/mol. The number of aromatic nitrogens is 2. The fourth-order valence-electron chi connectivity index (χ4n) is 1.61. The predicted octanol–water partition coefficient (Wildman–Crippen LogP) is 1.51. The molecule has 0 radical (unpaired) electrons.